The number of rotatable bonds is 2. The van der Waals surface area contributed by atoms with Gasteiger partial charge in [-0.15, -0.1) is 0 Å². The molecule has 0 atom stereocenters. The number of halogens is 2. The number of imidazole rings is 1. The molecule has 9 nitrogen and oxygen atoms in total. The van der Waals surface area contributed by atoms with Gasteiger partial charge in [-0.05, 0) is 12.1 Å². The fourth-order valence-corrected chi connectivity index (χ4v) is 2.44. The first-order valence-electron chi connectivity index (χ1n) is 6.48. The van der Waals surface area contributed by atoms with Gasteiger partial charge in [-0.1, -0.05) is 23.2 Å². The van der Waals surface area contributed by atoms with Crippen LogP contribution in [0.25, 0.3) is 28.3 Å². The Morgan fingerprint density at radius 2 is 1.88 bits per heavy atom. The van der Waals surface area contributed by atoms with Gasteiger partial charge in [0.2, 0.25) is 5.95 Å². The maximum atomic E-state index is 10.5. The molecule has 2 N–H and O–H groups in total. The van der Waals surface area contributed by atoms with Crippen LogP contribution in [-0.2, 0) is 0 Å². The van der Waals surface area contributed by atoms with Gasteiger partial charge in [-0.25, -0.2) is 19.4 Å². The Balaban J connectivity index is 1.81. The number of ether oxygens (including phenoxy) is 1. The Morgan fingerprint density at radius 3 is 2.58 bits per heavy atom. The monoisotopic (exact) mass is 364 g/mol. The molecule has 0 saturated carbocycles. The van der Waals surface area contributed by atoms with Crippen LogP contribution in [0.4, 0.5) is 4.79 Å². The number of aromatic nitrogens is 6. The SMILES string of the molecule is O=C(O)Oc1cnn(-c2nc3nc4cc(Cl)c(Cl)cc4nc3[nH]2)c1. The van der Waals surface area contributed by atoms with E-state index in [0.29, 0.717) is 38.3 Å². The molecule has 4 rings (SSSR count). The summed E-state index contributed by atoms with van der Waals surface area (Å²) in [6, 6.07) is 3.21. The summed E-state index contributed by atoms with van der Waals surface area (Å²) in [7, 11) is 0. The van der Waals surface area contributed by atoms with Crippen molar-refractivity contribution >= 4 is 51.7 Å². The van der Waals surface area contributed by atoms with Crippen molar-refractivity contribution in [2.24, 2.45) is 0 Å². The van der Waals surface area contributed by atoms with Gasteiger partial charge in [0.1, 0.15) is 0 Å². The van der Waals surface area contributed by atoms with Gasteiger partial charge < -0.3 is 14.8 Å². The molecule has 4 aromatic rings. The maximum absolute atomic E-state index is 10.5. The fraction of sp³-hybridized carbons (Fsp3) is 0. The normalized spacial score (nSPS) is 11.2. The smallest absolute Gasteiger partial charge is 0.449 e. The molecule has 0 amide bonds. The molecule has 11 heteroatoms. The van der Waals surface area contributed by atoms with Crippen LogP contribution in [0.3, 0.4) is 0 Å². The summed E-state index contributed by atoms with van der Waals surface area (Å²) in [4.78, 5) is 26.5. The first kappa shape index (κ1) is 14.7. The highest BCUT2D eigenvalue weighted by Gasteiger charge is 2.12. The van der Waals surface area contributed by atoms with E-state index in [-0.39, 0.29) is 5.75 Å². The van der Waals surface area contributed by atoms with E-state index in [1.54, 1.807) is 12.1 Å². The Morgan fingerprint density at radius 1 is 1.17 bits per heavy atom. The lowest BCUT2D eigenvalue weighted by molar-refractivity contribution is 0.144. The number of fused-ring (bicyclic) bond motifs is 2. The van der Waals surface area contributed by atoms with E-state index in [2.05, 4.69) is 29.8 Å². The molecule has 0 radical (unpaired) electrons. The quantitative estimate of drug-likeness (QED) is 0.524. The molecule has 0 aliphatic rings. The highest BCUT2D eigenvalue weighted by Crippen LogP contribution is 2.27. The van der Waals surface area contributed by atoms with E-state index < -0.39 is 6.16 Å². The maximum Gasteiger partial charge on any atom is 0.511 e. The third-order valence-corrected chi connectivity index (χ3v) is 3.83. The summed E-state index contributed by atoms with van der Waals surface area (Å²) in [6.45, 7) is 0. The first-order chi connectivity index (χ1) is 11.5. The molecule has 24 heavy (non-hydrogen) atoms. The molecule has 0 bridgehead atoms. The van der Waals surface area contributed by atoms with Crippen molar-refractivity contribution in [1.29, 1.82) is 0 Å². The largest absolute Gasteiger partial charge is 0.511 e. The summed E-state index contributed by atoms with van der Waals surface area (Å²) in [5.41, 5.74) is 1.88. The van der Waals surface area contributed by atoms with Gasteiger partial charge in [0.05, 0.1) is 33.5 Å². The highest BCUT2D eigenvalue weighted by atomic mass is 35.5. The Bertz CT molecular complexity index is 1050. The van der Waals surface area contributed by atoms with E-state index in [4.69, 9.17) is 28.3 Å². The molecule has 120 valence electrons. The Hall–Kier alpha value is -2.91. The van der Waals surface area contributed by atoms with E-state index in [0.717, 1.165) is 0 Å². The van der Waals surface area contributed by atoms with Crippen molar-refractivity contribution in [3.05, 3.63) is 34.6 Å². The van der Waals surface area contributed by atoms with Gasteiger partial charge in [-0.3, -0.25) is 0 Å². The van der Waals surface area contributed by atoms with E-state index in [1.165, 1.54) is 17.1 Å². The second kappa shape index (κ2) is 5.32. The van der Waals surface area contributed by atoms with Crippen LogP contribution >= 0.6 is 23.2 Å². The lowest BCUT2D eigenvalue weighted by Gasteiger charge is -1.99. The second-order valence-corrected chi connectivity index (χ2v) is 5.51. The number of hydrogen-bond donors (Lipinski definition) is 2. The minimum absolute atomic E-state index is 0.0626. The summed E-state index contributed by atoms with van der Waals surface area (Å²) >= 11 is 12.0. The van der Waals surface area contributed by atoms with E-state index in [1.807, 2.05) is 0 Å². The van der Waals surface area contributed by atoms with Crippen molar-refractivity contribution in [3.8, 4) is 11.7 Å². The average molecular weight is 365 g/mol. The zero-order valence-corrected chi connectivity index (χ0v) is 13.1. The highest BCUT2D eigenvalue weighted by molar-refractivity contribution is 6.42. The minimum atomic E-state index is -1.43. The molecule has 0 spiro atoms. The average Bonchev–Trinajstić information content (AvgIpc) is 3.12. The van der Waals surface area contributed by atoms with Gasteiger partial charge >= 0.3 is 6.16 Å². The van der Waals surface area contributed by atoms with Crippen LogP contribution in [0.5, 0.6) is 5.75 Å². The summed E-state index contributed by atoms with van der Waals surface area (Å²) in [5, 5.41) is 13.3. The molecule has 0 aliphatic carbocycles. The van der Waals surface area contributed by atoms with Crippen LogP contribution in [-0.4, -0.2) is 41.0 Å². The molecule has 3 heterocycles. The van der Waals surface area contributed by atoms with Gasteiger partial charge in [0.25, 0.3) is 0 Å². The van der Waals surface area contributed by atoms with Crippen molar-refractivity contribution in [2.75, 3.05) is 0 Å². The number of H-pyrrole nitrogens is 1. The van der Waals surface area contributed by atoms with Crippen LogP contribution in [0.2, 0.25) is 10.0 Å². The minimum Gasteiger partial charge on any atom is -0.449 e. The Kier molecular flexibility index (Phi) is 3.25. The molecule has 0 aliphatic heterocycles. The standard InChI is InChI=1S/C13H6Cl2N6O3/c14-6-1-8-9(2-7(6)15)18-11-10(17-8)19-12(20-11)21-4-5(3-16-21)24-13(22)23/h1-4H,(H,22,23)(H,17,18,19,20). The molecule has 0 fully saturated rings. The first-order valence-corrected chi connectivity index (χ1v) is 7.23. The predicted molar refractivity (Wildman–Crippen MR) is 85.0 cm³/mol. The third kappa shape index (κ3) is 2.49. The Labute approximate surface area is 142 Å². The van der Waals surface area contributed by atoms with Gasteiger partial charge in [0, 0.05) is 0 Å². The summed E-state index contributed by atoms with van der Waals surface area (Å²) < 4.78 is 5.82. The van der Waals surface area contributed by atoms with Crippen LogP contribution in [0, 0.1) is 0 Å². The molecule has 0 saturated heterocycles. The number of carbonyl (C=O) groups is 1. The summed E-state index contributed by atoms with van der Waals surface area (Å²) in [5.74, 6) is 0.366. The fourth-order valence-electron chi connectivity index (χ4n) is 2.12. The number of carboxylic acid groups (broad SMARTS) is 1. The van der Waals surface area contributed by atoms with Gasteiger partial charge in [-0.2, -0.15) is 10.1 Å². The number of benzene rings is 1. The van der Waals surface area contributed by atoms with Crippen LogP contribution in [0.1, 0.15) is 0 Å². The second-order valence-electron chi connectivity index (χ2n) is 4.70. The predicted octanol–water partition coefficient (Wildman–Crippen LogP) is 3.06. The van der Waals surface area contributed by atoms with E-state index in [9.17, 15) is 4.79 Å². The topological polar surface area (TPSA) is 119 Å². The van der Waals surface area contributed by atoms with E-state index >= 15 is 0 Å². The molecule has 0 unspecified atom stereocenters. The lowest BCUT2D eigenvalue weighted by atomic mass is 10.3. The lowest BCUT2D eigenvalue weighted by Crippen LogP contribution is -2.02. The number of nitrogens with zero attached hydrogens (tertiary/aromatic N) is 5. The van der Waals surface area contributed by atoms with Crippen molar-refractivity contribution in [1.82, 2.24) is 29.7 Å². The zero-order chi connectivity index (χ0) is 16.8. The number of nitrogens with one attached hydrogen (secondary N) is 1. The molecular weight excluding hydrogens is 359 g/mol. The van der Waals surface area contributed by atoms with Crippen molar-refractivity contribution < 1.29 is 14.6 Å². The van der Waals surface area contributed by atoms with Crippen LogP contribution in [0.15, 0.2) is 24.5 Å². The third-order valence-electron chi connectivity index (χ3n) is 3.11. The molecule has 1 aromatic carbocycles. The van der Waals surface area contributed by atoms with Crippen LogP contribution < -0.4 is 4.74 Å². The number of hydrogen-bond acceptors (Lipinski definition) is 6. The zero-order valence-electron chi connectivity index (χ0n) is 11.6. The molecule has 3 aromatic heterocycles. The molecular formula is C13H6Cl2N6O3. The summed E-state index contributed by atoms with van der Waals surface area (Å²) in [6.07, 6.45) is 1.18. The van der Waals surface area contributed by atoms with Gasteiger partial charge in [0.15, 0.2) is 17.0 Å². The van der Waals surface area contributed by atoms with Crippen molar-refractivity contribution in [3.63, 3.8) is 0 Å². The number of aromatic amines is 1. The van der Waals surface area contributed by atoms with Crippen molar-refractivity contribution in [2.45, 2.75) is 0 Å².